The van der Waals surface area contributed by atoms with Crippen LogP contribution in [0.4, 0.5) is 0 Å². The van der Waals surface area contributed by atoms with Gasteiger partial charge in [0.2, 0.25) is 11.0 Å². The first-order chi connectivity index (χ1) is 26.8. The van der Waals surface area contributed by atoms with Crippen LogP contribution < -0.4 is 4.73 Å². The van der Waals surface area contributed by atoms with Crippen LogP contribution in [0.1, 0.15) is 22.3 Å². The van der Waals surface area contributed by atoms with E-state index < -0.39 is 0 Å². The first-order valence-corrected chi connectivity index (χ1v) is 18.9. The summed E-state index contributed by atoms with van der Waals surface area (Å²) in [7, 11) is 0. The zero-order valence-electron chi connectivity index (χ0n) is 31.3. The molecule has 55 heavy (non-hydrogen) atoms. The summed E-state index contributed by atoms with van der Waals surface area (Å²) in [4.78, 5) is 5.25. The topological polar surface area (TPSA) is 39.8 Å². The SMILES string of the molecule is Cc1cc(C)cc(-c2ccc3c(-c4cccc5cccc(-c6c7ccccc7[n+]([O-])c7cc(-c8cc(C)cc(C)c8)ccc67)c45)c4ccccc4nc3c2)c1. The number of hydrogen-bond donors (Lipinski definition) is 0. The van der Waals surface area contributed by atoms with Crippen LogP contribution in [0.3, 0.4) is 0 Å². The molecule has 0 N–H and O–H groups in total. The van der Waals surface area contributed by atoms with Crippen LogP contribution >= 0.6 is 0 Å². The molecular weight excluding hydrogens is 669 g/mol. The average molecular weight is 707 g/mol. The smallest absolute Gasteiger partial charge is 0.225 e. The zero-order valence-corrected chi connectivity index (χ0v) is 31.3. The Balaban J connectivity index is 1.29. The Bertz CT molecular complexity index is 3170. The molecule has 0 amide bonds. The largest absolute Gasteiger partial charge is 0.618 e. The average Bonchev–Trinajstić information content (AvgIpc) is 3.19. The van der Waals surface area contributed by atoms with Gasteiger partial charge in [0.05, 0.1) is 21.8 Å². The number of benzene rings is 8. The van der Waals surface area contributed by atoms with Crippen molar-refractivity contribution in [1.82, 2.24) is 4.98 Å². The van der Waals surface area contributed by atoms with Gasteiger partial charge in [0.1, 0.15) is 0 Å². The van der Waals surface area contributed by atoms with Crippen molar-refractivity contribution in [3.8, 4) is 44.5 Å². The molecule has 10 aromatic rings. The van der Waals surface area contributed by atoms with Gasteiger partial charge in [-0.3, -0.25) is 0 Å². The molecule has 0 saturated heterocycles. The third kappa shape index (κ3) is 5.42. The van der Waals surface area contributed by atoms with Crippen molar-refractivity contribution in [2.45, 2.75) is 27.7 Å². The quantitative estimate of drug-likeness (QED) is 0.104. The third-order valence-electron chi connectivity index (χ3n) is 11.1. The van der Waals surface area contributed by atoms with Crippen LogP contribution in [0.15, 0.2) is 158 Å². The Hall–Kier alpha value is -6.84. The van der Waals surface area contributed by atoms with E-state index in [1.165, 1.54) is 27.8 Å². The summed E-state index contributed by atoms with van der Waals surface area (Å²) in [6.07, 6.45) is 0. The molecule has 0 radical (unpaired) electrons. The Morgan fingerprint density at radius 3 is 1.56 bits per heavy atom. The van der Waals surface area contributed by atoms with Crippen molar-refractivity contribution in [2.24, 2.45) is 0 Å². The number of rotatable bonds is 4. The van der Waals surface area contributed by atoms with Crippen molar-refractivity contribution in [3.05, 3.63) is 185 Å². The number of aryl methyl sites for hydroxylation is 4. The molecule has 0 atom stereocenters. The van der Waals surface area contributed by atoms with E-state index in [4.69, 9.17) is 4.98 Å². The normalized spacial score (nSPS) is 11.7. The van der Waals surface area contributed by atoms with Crippen LogP contribution in [0.2, 0.25) is 0 Å². The molecule has 0 aliphatic rings. The molecule has 0 aliphatic carbocycles. The lowest BCUT2D eigenvalue weighted by molar-refractivity contribution is -0.547. The van der Waals surface area contributed by atoms with Crippen LogP contribution in [0.25, 0.3) is 98.9 Å². The number of nitrogens with zero attached hydrogens (tertiary/aromatic N) is 2. The van der Waals surface area contributed by atoms with Crippen molar-refractivity contribution in [3.63, 3.8) is 0 Å². The fraction of sp³-hybridized carbons (Fsp3) is 0.0769. The molecule has 0 bridgehead atoms. The first-order valence-electron chi connectivity index (χ1n) is 18.9. The Morgan fingerprint density at radius 1 is 0.400 bits per heavy atom. The molecule has 2 aromatic heterocycles. The molecule has 0 aliphatic heterocycles. The summed E-state index contributed by atoms with van der Waals surface area (Å²) < 4.78 is 1.11. The molecule has 3 nitrogen and oxygen atoms in total. The highest BCUT2D eigenvalue weighted by Gasteiger charge is 2.23. The van der Waals surface area contributed by atoms with Gasteiger partial charge in [-0.1, -0.05) is 144 Å². The standard InChI is InChI=1S/C52H38N2O/c1-31-23-32(2)26-38(25-31)36-19-21-41-47(29-36)53-46-17-7-5-13-40(46)51(41)44-15-9-11-35-12-10-16-45(50(35)44)52-42-14-6-8-18-48(42)54(55)49-30-37(20-22-43(49)52)39-27-33(3)24-34(4)28-39/h5-30H,1-4H3. The number of fused-ring (bicyclic) bond motifs is 5. The second-order valence-electron chi connectivity index (χ2n) is 15.1. The van der Waals surface area contributed by atoms with Crippen molar-refractivity contribution in [1.29, 1.82) is 0 Å². The highest BCUT2D eigenvalue weighted by Crippen LogP contribution is 2.45. The summed E-state index contributed by atoms with van der Waals surface area (Å²) >= 11 is 0. The van der Waals surface area contributed by atoms with Crippen molar-refractivity contribution < 1.29 is 4.73 Å². The van der Waals surface area contributed by atoms with Crippen LogP contribution in [-0.4, -0.2) is 4.98 Å². The van der Waals surface area contributed by atoms with E-state index in [0.29, 0.717) is 11.0 Å². The monoisotopic (exact) mass is 706 g/mol. The molecule has 8 aromatic carbocycles. The summed E-state index contributed by atoms with van der Waals surface area (Å²) in [5.74, 6) is 0. The second kappa shape index (κ2) is 12.6. The highest BCUT2D eigenvalue weighted by molar-refractivity contribution is 6.21. The van der Waals surface area contributed by atoms with E-state index in [0.717, 1.165) is 87.0 Å². The fourth-order valence-corrected chi connectivity index (χ4v) is 8.92. The first kappa shape index (κ1) is 32.8. The molecule has 3 heteroatoms. The van der Waals surface area contributed by atoms with E-state index in [1.807, 2.05) is 18.2 Å². The molecule has 10 rings (SSSR count). The molecular formula is C52H38N2O. The van der Waals surface area contributed by atoms with E-state index >= 15 is 0 Å². The molecule has 2 heterocycles. The van der Waals surface area contributed by atoms with E-state index in [1.54, 1.807) is 0 Å². The van der Waals surface area contributed by atoms with Gasteiger partial charge >= 0.3 is 0 Å². The van der Waals surface area contributed by atoms with Gasteiger partial charge in [-0.25, -0.2) is 4.98 Å². The van der Waals surface area contributed by atoms with Gasteiger partial charge in [0.15, 0.2) is 0 Å². The maximum Gasteiger partial charge on any atom is 0.225 e. The van der Waals surface area contributed by atoms with E-state index in [2.05, 4.69) is 167 Å². The van der Waals surface area contributed by atoms with Gasteiger partial charge in [-0.05, 0) is 96.1 Å². The molecule has 0 unspecified atom stereocenters. The predicted octanol–water partition coefficient (Wildman–Crippen LogP) is 13.4. The van der Waals surface area contributed by atoms with Crippen molar-refractivity contribution in [2.75, 3.05) is 0 Å². The fourth-order valence-electron chi connectivity index (χ4n) is 8.92. The predicted molar refractivity (Wildman–Crippen MR) is 231 cm³/mol. The van der Waals surface area contributed by atoms with Crippen LogP contribution in [0.5, 0.6) is 0 Å². The number of para-hydroxylation sites is 2. The Morgan fingerprint density at radius 2 is 0.909 bits per heavy atom. The number of aromatic nitrogens is 2. The molecule has 0 spiro atoms. The maximum atomic E-state index is 14.3. The van der Waals surface area contributed by atoms with Crippen molar-refractivity contribution >= 4 is 54.4 Å². The Kier molecular flexibility index (Phi) is 7.53. The number of hydrogen-bond acceptors (Lipinski definition) is 2. The lowest BCUT2D eigenvalue weighted by atomic mass is 9.86. The minimum atomic E-state index is 0.649. The van der Waals surface area contributed by atoms with Gasteiger partial charge in [0.25, 0.3) is 0 Å². The summed E-state index contributed by atoms with van der Waals surface area (Å²) in [5, 5.41) is 20.7. The lowest BCUT2D eigenvalue weighted by Gasteiger charge is -2.19. The molecule has 0 fully saturated rings. The van der Waals surface area contributed by atoms with Crippen LogP contribution in [0, 0.1) is 32.9 Å². The summed E-state index contributed by atoms with van der Waals surface area (Å²) in [6, 6.07) is 56.1. The summed E-state index contributed by atoms with van der Waals surface area (Å²) in [5.41, 5.74) is 17.0. The summed E-state index contributed by atoms with van der Waals surface area (Å²) in [6.45, 7) is 8.54. The second-order valence-corrected chi connectivity index (χ2v) is 15.1. The third-order valence-corrected chi connectivity index (χ3v) is 11.1. The molecule has 262 valence electrons. The lowest BCUT2D eigenvalue weighted by Crippen LogP contribution is -2.28. The minimum Gasteiger partial charge on any atom is -0.618 e. The van der Waals surface area contributed by atoms with Crippen LogP contribution in [-0.2, 0) is 0 Å². The molecule has 0 saturated carbocycles. The highest BCUT2D eigenvalue weighted by atomic mass is 16.5. The number of pyridine rings is 2. The van der Waals surface area contributed by atoms with Gasteiger partial charge in [-0.2, -0.15) is 4.73 Å². The maximum absolute atomic E-state index is 14.3. The van der Waals surface area contributed by atoms with Gasteiger partial charge < -0.3 is 5.21 Å². The van der Waals surface area contributed by atoms with E-state index in [9.17, 15) is 5.21 Å². The Labute approximate surface area is 320 Å². The minimum absolute atomic E-state index is 0.649. The zero-order chi connectivity index (χ0) is 37.4. The van der Waals surface area contributed by atoms with Gasteiger partial charge in [0, 0.05) is 34.0 Å². The van der Waals surface area contributed by atoms with E-state index in [-0.39, 0.29) is 0 Å². The van der Waals surface area contributed by atoms with Gasteiger partial charge in [-0.15, -0.1) is 0 Å².